The zero-order chi connectivity index (χ0) is 27.8. The van der Waals surface area contributed by atoms with Crippen molar-refractivity contribution in [2.75, 3.05) is 6.54 Å². The molecule has 0 aliphatic heterocycles. The SMILES string of the molecule is CCCCN(Cc1cc(F)cc(C(F)(F)F)c1)Cc1c(-c2ccccc2)nc(-c2ccccc2)n1CCCC. The molecule has 1 heterocycles. The second-order valence-corrected chi connectivity index (χ2v) is 9.88. The van der Waals surface area contributed by atoms with E-state index in [1.54, 1.807) is 0 Å². The first-order chi connectivity index (χ1) is 18.8. The largest absolute Gasteiger partial charge is 0.416 e. The van der Waals surface area contributed by atoms with Crippen molar-refractivity contribution in [3.63, 3.8) is 0 Å². The highest BCUT2D eigenvalue weighted by molar-refractivity contribution is 5.68. The zero-order valence-corrected chi connectivity index (χ0v) is 22.5. The van der Waals surface area contributed by atoms with Crippen molar-refractivity contribution < 1.29 is 17.6 Å². The Hall–Kier alpha value is -3.45. The topological polar surface area (TPSA) is 21.1 Å². The van der Waals surface area contributed by atoms with Crippen molar-refractivity contribution >= 4 is 0 Å². The average Bonchev–Trinajstić information content (AvgIpc) is 3.28. The molecular formula is C32H35F4N3. The third-order valence-corrected chi connectivity index (χ3v) is 6.78. The summed E-state index contributed by atoms with van der Waals surface area (Å²) in [5.41, 5.74) is 3.22. The summed E-state index contributed by atoms with van der Waals surface area (Å²) >= 11 is 0. The number of rotatable bonds is 12. The Labute approximate surface area is 228 Å². The summed E-state index contributed by atoms with van der Waals surface area (Å²) in [7, 11) is 0. The normalized spacial score (nSPS) is 11.9. The molecule has 3 aromatic carbocycles. The van der Waals surface area contributed by atoms with Gasteiger partial charge in [0.15, 0.2) is 0 Å². The Balaban J connectivity index is 1.80. The summed E-state index contributed by atoms with van der Waals surface area (Å²) in [4.78, 5) is 7.24. The van der Waals surface area contributed by atoms with Gasteiger partial charge in [-0.3, -0.25) is 4.90 Å². The third-order valence-electron chi connectivity index (χ3n) is 6.78. The average molecular weight is 538 g/mol. The fourth-order valence-electron chi connectivity index (χ4n) is 4.81. The van der Waals surface area contributed by atoms with Gasteiger partial charge in [0.1, 0.15) is 11.6 Å². The number of hydrogen-bond acceptors (Lipinski definition) is 2. The number of benzene rings is 3. The maximum absolute atomic E-state index is 14.2. The Morgan fingerprint density at radius 3 is 2.05 bits per heavy atom. The monoisotopic (exact) mass is 537 g/mol. The predicted octanol–water partition coefficient (Wildman–Crippen LogP) is 8.98. The van der Waals surface area contributed by atoms with Crippen molar-refractivity contribution in [3.8, 4) is 22.6 Å². The molecular weight excluding hydrogens is 502 g/mol. The summed E-state index contributed by atoms with van der Waals surface area (Å²) in [6.45, 7) is 6.35. The standard InChI is InChI=1S/C32H35F4N3/c1-3-5-17-38(22-24-19-27(32(34,35)36)21-28(33)20-24)23-29-30(25-13-9-7-10-14-25)37-31(39(29)18-6-4-2)26-15-11-8-12-16-26/h7-16,19-21H,3-6,17-18,22-23H2,1-2H3. The van der Waals surface area contributed by atoms with Gasteiger partial charge in [-0.05, 0) is 43.1 Å². The molecule has 0 saturated carbocycles. The molecule has 0 unspecified atom stereocenters. The van der Waals surface area contributed by atoms with Crippen LogP contribution in [0.1, 0.15) is 56.4 Å². The number of unbranched alkanes of at least 4 members (excludes halogenated alkanes) is 2. The second kappa shape index (κ2) is 13.1. The summed E-state index contributed by atoms with van der Waals surface area (Å²) in [5.74, 6) is -0.00181. The van der Waals surface area contributed by atoms with Crippen LogP contribution in [0.25, 0.3) is 22.6 Å². The number of hydrogen-bond donors (Lipinski definition) is 0. The van der Waals surface area contributed by atoms with Crippen molar-refractivity contribution in [1.82, 2.24) is 14.5 Å². The first kappa shape index (κ1) is 28.6. The maximum Gasteiger partial charge on any atom is 0.416 e. The fraction of sp³-hybridized carbons (Fsp3) is 0.344. The Kier molecular flexibility index (Phi) is 9.57. The van der Waals surface area contributed by atoms with Crippen molar-refractivity contribution in [2.24, 2.45) is 0 Å². The van der Waals surface area contributed by atoms with Crippen LogP contribution in [0, 0.1) is 5.82 Å². The molecule has 206 valence electrons. The lowest BCUT2D eigenvalue weighted by atomic mass is 10.1. The smallest absolute Gasteiger partial charge is 0.326 e. The quantitative estimate of drug-likeness (QED) is 0.168. The summed E-state index contributed by atoms with van der Waals surface area (Å²) < 4.78 is 56.7. The zero-order valence-electron chi connectivity index (χ0n) is 22.5. The molecule has 4 aromatic rings. The minimum Gasteiger partial charge on any atom is -0.326 e. The van der Waals surface area contributed by atoms with Gasteiger partial charge in [0.25, 0.3) is 0 Å². The molecule has 4 rings (SSSR count). The van der Waals surface area contributed by atoms with E-state index in [1.165, 1.54) is 6.07 Å². The van der Waals surface area contributed by atoms with Crippen LogP contribution in [0.3, 0.4) is 0 Å². The molecule has 0 aliphatic rings. The van der Waals surface area contributed by atoms with Crippen LogP contribution in [0.2, 0.25) is 0 Å². The molecule has 0 bridgehead atoms. The van der Waals surface area contributed by atoms with E-state index in [-0.39, 0.29) is 6.54 Å². The number of aromatic nitrogens is 2. The first-order valence-electron chi connectivity index (χ1n) is 13.6. The Bertz CT molecular complexity index is 1330. The van der Waals surface area contributed by atoms with Gasteiger partial charge >= 0.3 is 6.18 Å². The molecule has 0 N–H and O–H groups in total. The van der Waals surface area contributed by atoms with Gasteiger partial charge in [0.2, 0.25) is 0 Å². The molecule has 0 spiro atoms. The lowest BCUT2D eigenvalue weighted by molar-refractivity contribution is -0.137. The third kappa shape index (κ3) is 7.35. The lowest BCUT2D eigenvalue weighted by Gasteiger charge is -2.25. The summed E-state index contributed by atoms with van der Waals surface area (Å²) in [6, 6.07) is 22.9. The van der Waals surface area contributed by atoms with E-state index in [0.29, 0.717) is 24.7 Å². The fourth-order valence-corrected chi connectivity index (χ4v) is 4.81. The highest BCUT2D eigenvalue weighted by Gasteiger charge is 2.31. The van der Waals surface area contributed by atoms with Gasteiger partial charge < -0.3 is 4.57 Å². The Morgan fingerprint density at radius 2 is 1.44 bits per heavy atom. The molecule has 0 radical (unpaired) electrons. The summed E-state index contributed by atoms with van der Waals surface area (Å²) in [6.07, 6.45) is -0.824. The van der Waals surface area contributed by atoms with E-state index >= 15 is 0 Å². The van der Waals surface area contributed by atoms with Gasteiger partial charge in [0, 0.05) is 30.8 Å². The van der Waals surface area contributed by atoms with Crippen LogP contribution in [0.5, 0.6) is 0 Å². The van der Waals surface area contributed by atoms with Gasteiger partial charge in [-0.25, -0.2) is 9.37 Å². The number of halogens is 4. The number of nitrogens with zero attached hydrogens (tertiary/aromatic N) is 3. The predicted molar refractivity (Wildman–Crippen MR) is 148 cm³/mol. The minimum atomic E-state index is -4.60. The van der Waals surface area contributed by atoms with Crippen molar-refractivity contribution in [1.29, 1.82) is 0 Å². The van der Waals surface area contributed by atoms with E-state index in [4.69, 9.17) is 4.98 Å². The molecule has 0 amide bonds. The van der Waals surface area contributed by atoms with Crippen LogP contribution in [-0.4, -0.2) is 21.0 Å². The number of alkyl halides is 3. The minimum absolute atomic E-state index is 0.203. The molecule has 0 saturated heterocycles. The molecule has 7 heteroatoms. The van der Waals surface area contributed by atoms with Crippen LogP contribution in [0.15, 0.2) is 78.9 Å². The maximum atomic E-state index is 14.2. The molecule has 0 fully saturated rings. The Morgan fingerprint density at radius 1 is 0.795 bits per heavy atom. The summed E-state index contributed by atoms with van der Waals surface area (Å²) in [5, 5.41) is 0. The van der Waals surface area contributed by atoms with E-state index in [0.717, 1.165) is 66.6 Å². The van der Waals surface area contributed by atoms with Crippen LogP contribution in [0.4, 0.5) is 17.6 Å². The molecule has 0 aliphatic carbocycles. The van der Waals surface area contributed by atoms with E-state index in [1.807, 2.05) is 60.7 Å². The highest BCUT2D eigenvalue weighted by Crippen LogP contribution is 2.33. The lowest BCUT2D eigenvalue weighted by Crippen LogP contribution is -2.26. The van der Waals surface area contributed by atoms with Crippen molar-refractivity contribution in [2.45, 2.75) is 65.3 Å². The van der Waals surface area contributed by atoms with Gasteiger partial charge in [0.05, 0.1) is 17.0 Å². The van der Waals surface area contributed by atoms with Crippen LogP contribution < -0.4 is 0 Å². The molecule has 39 heavy (non-hydrogen) atoms. The van der Waals surface area contributed by atoms with E-state index < -0.39 is 17.6 Å². The first-order valence-corrected chi connectivity index (χ1v) is 13.6. The van der Waals surface area contributed by atoms with E-state index in [9.17, 15) is 17.6 Å². The van der Waals surface area contributed by atoms with Gasteiger partial charge in [-0.1, -0.05) is 87.4 Å². The van der Waals surface area contributed by atoms with Crippen LogP contribution in [-0.2, 0) is 25.8 Å². The van der Waals surface area contributed by atoms with Gasteiger partial charge in [-0.15, -0.1) is 0 Å². The van der Waals surface area contributed by atoms with Crippen molar-refractivity contribution in [3.05, 3.63) is 102 Å². The molecule has 1 aromatic heterocycles. The van der Waals surface area contributed by atoms with E-state index in [2.05, 4.69) is 23.3 Å². The second-order valence-electron chi connectivity index (χ2n) is 9.88. The highest BCUT2D eigenvalue weighted by atomic mass is 19.4. The molecule has 3 nitrogen and oxygen atoms in total. The van der Waals surface area contributed by atoms with Crippen LogP contribution >= 0.6 is 0 Å². The number of imidazole rings is 1. The van der Waals surface area contributed by atoms with Gasteiger partial charge in [-0.2, -0.15) is 13.2 Å². The molecule has 0 atom stereocenters.